The van der Waals surface area contributed by atoms with Crippen LogP contribution in [0.4, 0.5) is 5.69 Å². The molecule has 1 atom stereocenters. The maximum atomic E-state index is 12.3. The molecule has 1 N–H and O–H groups in total. The number of nitrogens with one attached hydrogen (secondary N) is 1. The molecular weight excluding hydrogens is 388 g/mol. The zero-order chi connectivity index (χ0) is 21.6. The molecule has 1 aliphatic heterocycles. The third-order valence-corrected chi connectivity index (χ3v) is 5.84. The van der Waals surface area contributed by atoms with Gasteiger partial charge in [0, 0.05) is 36.1 Å². The van der Waals surface area contributed by atoms with E-state index in [0.29, 0.717) is 18.6 Å². The van der Waals surface area contributed by atoms with E-state index in [4.69, 9.17) is 4.74 Å². The van der Waals surface area contributed by atoms with Gasteiger partial charge >= 0.3 is 5.97 Å². The first kappa shape index (κ1) is 20.9. The minimum Gasteiger partial charge on any atom is -0.464 e. The summed E-state index contributed by atoms with van der Waals surface area (Å²) in [5.41, 5.74) is 3.04. The van der Waals surface area contributed by atoms with Crippen LogP contribution in [0.25, 0.3) is 10.8 Å². The van der Waals surface area contributed by atoms with E-state index in [2.05, 4.69) is 59.6 Å². The number of aryl methyl sites for hydroxylation is 1. The van der Waals surface area contributed by atoms with Crippen LogP contribution in [0.2, 0.25) is 0 Å². The third kappa shape index (κ3) is 4.88. The molecule has 0 aliphatic carbocycles. The fourth-order valence-corrected chi connectivity index (χ4v) is 4.10. The number of fused-ring (bicyclic) bond motifs is 1. The first-order valence-electron chi connectivity index (χ1n) is 10.9. The summed E-state index contributed by atoms with van der Waals surface area (Å²) in [6, 6.07) is 22.1. The second-order valence-electron chi connectivity index (χ2n) is 7.86. The van der Waals surface area contributed by atoms with Crippen molar-refractivity contribution in [2.45, 2.75) is 32.2 Å². The zero-order valence-corrected chi connectivity index (χ0v) is 17.8. The fraction of sp³-hybridized carbons (Fsp3) is 0.308. The third-order valence-electron chi connectivity index (χ3n) is 5.84. The van der Waals surface area contributed by atoms with Crippen molar-refractivity contribution in [3.63, 3.8) is 0 Å². The molecule has 1 unspecified atom stereocenters. The number of esters is 1. The van der Waals surface area contributed by atoms with Gasteiger partial charge in [0.05, 0.1) is 6.61 Å². The molecule has 0 aromatic heterocycles. The van der Waals surface area contributed by atoms with Gasteiger partial charge in [0.25, 0.3) is 5.91 Å². The van der Waals surface area contributed by atoms with Crippen LogP contribution in [0.3, 0.4) is 0 Å². The Hall–Kier alpha value is -3.34. The second kappa shape index (κ2) is 9.65. The smallest absolute Gasteiger partial charge is 0.328 e. The summed E-state index contributed by atoms with van der Waals surface area (Å²) in [4.78, 5) is 26.3. The molecule has 160 valence electrons. The molecule has 3 aromatic rings. The number of carbonyl (C=O) groups excluding carboxylic acids is 2. The predicted molar refractivity (Wildman–Crippen MR) is 123 cm³/mol. The van der Waals surface area contributed by atoms with Gasteiger partial charge < -0.3 is 15.0 Å². The lowest BCUT2D eigenvalue weighted by atomic mass is 10.1. The van der Waals surface area contributed by atoms with E-state index in [9.17, 15) is 9.59 Å². The van der Waals surface area contributed by atoms with Crippen LogP contribution < -0.4 is 10.2 Å². The van der Waals surface area contributed by atoms with Crippen LogP contribution in [-0.2, 0) is 16.0 Å². The van der Waals surface area contributed by atoms with Crippen LogP contribution in [-0.4, -0.2) is 37.6 Å². The number of nitrogens with zero attached hydrogens (tertiary/aromatic N) is 1. The second-order valence-corrected chi connectivity index (χ2v) is 7.86. The van der Waals surface area contributed by atoms with Gasteiger partial charge in [0.1, 0.15) is 6.04 Å². The summed E-state index contributed by atoms with van der Waals surface area (Å²) >= 11 is 0. The maximum Gasteiger partial charge on any atom is 0.328 e. The molecule has 0 radical (unpaired) electrons. The van der Waals surface area contributed by atoms with Gasteiger partial charge in [-0.15, -0.1) is 0 Å². The highest BCUT2D eigenvalue weighted by Gasteiger charge is 2.28. The molecule has 5 nitrogen and oxygen atoms in total. The van der Waals surface area contributed by atoms with Gasteiger partial charge in [0.2, 0.25) is 0 Å². The molecule has 0 bridgehead atoms. The van der Waals surface area contributed by atoms with E-state index in [1.165, 1.54) is 22.0 Å². The van der Waals surface area contributed by atoms with Gasteiger partial charge in [-0.25, -0.2) is 4.79 Å². The summed E-state index contributed by atoms with van der Waals surface area (Å²) in [7, 11) is 0. The standard InChI is InChI=1S/C26H28N2O3/c1-2-28(24-11-5-9-20-8-3-4-10-22(20)24)17-6-7-19-12-14-21(15-13-19)25(29)27-23-16-18-31-26(23)30/h3-5,8-15,23H,2,6-7,16-18H2,1H3,(H,27,29). The minimum atomic E-state index is -0.527. The van der Waals surface area contributed by atoms with Crippen molar-refractivity contribution >= 4 is 28.3 Å². The van der Waals surface area contributed by atoms with Gasteiger partial charge in [-0.05, 0) is 48.9 Å². The average Bonchev–Trinajstić information content (AvgIpc) is 3.21. The molecule has 4 rings (SSSR count). The lowest BCUT2D eigenvalue weighted by molar-refractivity contribution is -0.139. The van der Waals surface area contributed by atoms with Crippen LogP contribution in [0, 0.1) is 0 Å². The Kier molecular flexibility index (Phi) is 6.51. The molecule has 3 aromatic carbocycles. The van der Waals surface area contributed by atoms with Crippen LogP contribution in [0.1, 0.15) is 35.7 Å². The molecule has 0 spiro atoms. The summed E-state index contributed by atoms with van der Waals surface area (Å²) in [6.07, 6.45) is 2.50. The molecule has 1 amide bonds. The van der Waals surface area contributed by atoms with E-state index >= 15 is 0 Å². The van der Waals surface area contributed by atoms with Crippen molar-refractivity contribution in [2.24, 2.45) is 0 Å². The molecule has 1 heterocycles. The van der Waals surface area contributed by atoms with Crippen molar-refractivity contribution in [3.8, 4) is 0 Å². The van der Waals surface area contributed by atoms with Crippen molar-refractivity contribution in [1.82, 2.24) is 5.32 Å². The van der Waals surface area contributed by atoms with Gasteiger partial charge in [-0.1, -0.05) is 48.5 Å². The number of benzene rings is 3. The molecule has 31 heavy (non-hydrogen) atoms. The van der Waals surface area contributed by atoms with E-state index < -0.39 is 6.04 Å². The van der Waals surface area contributed by atoms with Crippen molar-refractivity contribution in [3.05, 3.63) is 77.9 Å². The molecule has 5 heteroatoms. The topological polar surface area (TPSA) is 58.6 Å². The Balaban J connectivity index is 1.33. The van der Waals surface area contributed by atoms with Crippen molar-refractivity contribution in [1.29, 1.82) is 0 Å². The number of hydrogen-bond acceptors (Lipinski definition) is 4. The number of carbonyl (C=O) groups is 2. The highest BCUT2D eigenvalue weighted by molar-refractivity contribution is 5.97. The van der Waals surface area contributed by atoms with Crippen molar-refractivity contribution in [2.75, 3.05) is 24.6 Å². The van der Waals surface area contributed by atoms with Crippen LogP contribution in [0.5, 0.6) is 0 Å². The summed E-state index contributed by atoms with van der Waals surface area (Å²) in [6.45, 7) is 4.48. The SMILES string of the molecule is CCN(CCCc1ccc(C(=O)NC2CCOC2=O)cc1)c1cccc2ccccc12. The lowest BCUT2D eigenvalue weighted by Crippen LogP contribution is -2.37. The number of amides is 1. The zero-order valence-electron chi connectivity index (χ0n) is 17.8. The van der Waals surface area contributed by atoms with E-state index in [-0.39, 0.29) is 11.9 Å². The Morgan fingerprint density at radius 3 is 2.58 bits per heavy atom. The summed E-state index contributed by atoms with van der Waals surface area (Å²) < 4.78 is 4.89. The van der Waals surface area contributed by atoms with Crippen LogP contribution >= 0.6 is 0 Å². The van der Waals surface area contributed by atoms with E-state index in [1.807, 2.05) is 24.3 Å². The van der Waals surface area contributed by atoms with Gasteiger partial charge in [-0.2, -0.15) is 0 Å². The summed E-state index contributed by atoms with van der Waals surface area (Å²) in [5.74, 6) is -0.583. The first-order chi connectivity index (χ1) is 15.2. The number of rotatable bonds is 8. The quantitative estimate of drug-likeness (QED) is 0.555. The van der Waals surface area contributed by atoms with E-state index in [1.54, 1.807) is 0 Å². The molecule has 1 aliphatic rings. The van der Waals surface area contributed by atoms with Gasteiger partial charge in [0.15, 0.2) is 0 Å². The Bertz CT molecular complexity index is 1060. The molecular formula is C26H28N2O3. The predicted octanol–water partition coefficient (Wildman–Crippen LogP) is 4.34. The Labute approximate surface area is 183 Å². The lowest BCUT2D eigenvalue weighted by Gasteiger charge is -2.25. The highest BCUT2D eigenvalue weighted by Crippen LogP contribution is 2.26. The Morgan fingerprint density at radius 1 is 1.06 bits per heavy atom. The molecule has 0 saturated carbocycles. The average molecular weight is 417 g/mol. The van der Waals surface area contributed by atoms with E-state index in [0.717, 1.165) is 25.9 Å². The highest BCUT2D eigenvalue weighted by atomic mass is 16.5. The summed E-state index contributed by atoms with van der Waals surface area (Å²) in [5, 5.41) is 5.29. The number of ether oxygens (including phenoxy) is 1. The molecule has 1 fully saturated rings. The Morgan fingerprint density at radius 2 is 1.84 bits per heavy atom. The maximum absolute atomic E-state index is 12.3. The minimum absolute atomic E-state index is 0.233. The number of anilines is 1. The monoisotopic (exact) mass is 416 g/mol. The van der Waals surface area contributed by atoms with Gasteiger partial charge in [-0.3, -0.25) is 4.79 Å². The largest absolute Gasteiger partial charge is 0.464 e. The fourth-order valence-electron chi connectivity index (χ4n) is 4.10. The number of hydrogen-bond donors (Lipinski definition) is 1. The van der Waals surface area contributed by atoms with Crippen LogP contribution in [0.15, 0.2) is 66.7 Å². The number of cyclic esters (lactones) is 1. The van der Waals surface area contributed by atoms with Crippen molar-refractivity contribution < 1.29 is 14.3 Å². The first-order valence-corrected chi connectivity index (χ1v) is 10.9. The normalized spacial score (nSPS) is 15.6. The molecule has 1 saturated heterocycles.